The fourth-order valence-corrected chi connectivity index (χ4v) is 4.46. The van der Waals surface area contributed by atoms with Crippen molar-refractivity contribution in [2.24, 2.45) is 0 Å². The third kappa shape index (κ3) is 6.52. The Bertz CT molecular complexity index is 952. The third-order valence-electron chi connectivity index (χ3n) is 6.56. The van der Waals surface area contributed by atoms with Crippen LogP contribution < -0.4 is 10.1 Å². The van der Waals surface area contributed by atoms with Gasteiger partial charge in [-0.05, 0) is 18.1 Å². The van der Waals surface area contributed by atoms with E-state index in [4.69, 9.17) is 9.47 Å². The molecule has 1 heterocycles. The normalized spacial score (nSPS) is 20.4. The van der Waals surface area contributed by atoms with Crippen LogP contribution in [0.25, 0.3) is 0 Å². The molecule has 1 amide bonds. The Hall–Kier alpha value is -2.55. The van der Waals surface area contributed by atoms with E-state index in [0.717, 1.165) is 37.7 Å². The zero-order chi connectivity index (χ0) is 23.9. The lowest BCUT2D eigenvalue weighted by Gasteiger charge is -2.34. The van der Waals surface area contributed by atoms with Crippen molar-refractivity contribution in [3.05, 3.63) is 65.2 Å². The maximum absolute atomic E-state index is 14.6. The number of carbonyl (C=O) groups is 1. The van der Waals surface area contributed by atoms with Crippen LogP contribution in [0.15, 0.2) is 42.5 Å². The number of carbonyl (C=O) groups excluding carboxylic acids is 1. The molecule has 1 saturated carbocycles. The number of nitrogens with zero attached hydrogens (tertiary/aromatic N) is 2. The molecule has 2 aromatic carbocycles. The fourth-order valence-electron chi connectivity index (χ4n) is 4.46. The molecule has 2 atom stereocenters. The van der Waals surface area contributed by atoms with E-state index in [9.17, 15) is 13.6 Å². The highest BCUT2D eigenvalue weighted by molar-refractivity contribution is 5.78. The molecule has 2 fully saturated rings. The van der Waals surface area contributed by atoms with Crippen molar-refractivity contribution in [2.45, 2.75) is 24.8 Å². The number of nitrogens with one attached hydrogen (secondary N) is 1. The van der Waals surface area contributed by atoms with Gasteiger partial charge in [0.25, 0.3) is 0 Å². The number of ether oxygens (including phenoxy) is 2. The van der Waals surface area contributed by atoms with E-state index < -0.39 is 11.6 Å². The van der Waals surface area contributed by atoms with E-state index in [0.29, 0.717) is 38.3 Å². The zero-order valence-electron chi connectivity index (χ0n) is 19.6. The van der Waals surface area contributed by atoms with Crippen molar-refractivity contribution in [3.8, 4) is 5.75 Å². The maximum atomic E-state index is 14.6. The molecule has 0 aromatic heterocycles. The summed E-state index contributed by atoms with van der Waals surface area (Å²) in [6.07, 6.45) is 1.35. The van der Waals surface area contributed by atoms with Crippen molar-refractivity contribution in [1.29, 1.82) is 0 Å². The third-order valence-corrected chi connectivity index (χ3v) is 6.56. The molecule has 1 aliphatic carbocycles. The molecule has 1 N–H and O–H groups in total. The molecule has 0 radical (unpaired) electrons. The molecule has 34 heavy (non-hydrogen) atoms. The van der Waals surface area contributed by atoms with Gasteiger partial charge < -0.3 is 19.7 Å². The molecule has 2 aromatic rings. The van der Waals surface area contributed by atoms with E-state index in [-0.39, 0.29) is 30.2 Å². The molecule has 4 rings (SSSR count). The number of halogens is 2. The summed E-state index contributed by atoms with van der Waals surface area (Å²) in [5, 5.41) is 3.27. The topological polar surface area (TPSA) is 54.0 Å². The predicted octanol–water partition coefficient (Wildman–Crippen LogP) is 2.82. The van der Waals surface area contributed by atoms with Crippen molar-refractivity contribution in [3.63, 3.8) is 0 Å². The van der Waals surface area contributed by atoms with Crippen molar-refractivity contribution >= 4 is 5.91 Å². The van der Waals surface area contributed by atoms with Crippen LogP contribution in [0.5, 0.6) is 5.75 Å². The zero-order valence-corrected chi connectivity index (χ0v) is 19.6. The summed E-state index contributed by atoms with van der Waals surface area (Å²) in [5.74, 6) is -1.20. The summed E-state index contributed by atoms with van der Waals surface area (Å²) in [6.45, 7) is 5.18. The van der Waals surface area contributed by atoms with Gasteiger partial charge >= 0.3 is 0 Å². The van der Waals surface area contributed by atoms with E-state index in [2.05, 4.69) is 10.2 Å². The molecule has 1 aliphatic heterocycles. The van der Waals surface area contributed by atoms with E-state index in [1.807, 2.05) is 35.2 Å². The van der Waals surface area contributed by atoms with Gasteiger partial charge in [0.1, 0.15) is 5.82 Å². The quantitative estimate of drug-likeness (QED) is 0.544. The van der Waals surface area contributed by atoms with E-state index in [1.165, 1.54) is 6.07 Å². The number of benzene rings is 2. The first-order valence-corrected chi connectivity index (χ1v) is 11.9. The molecule has 0 spiro atoms. The van der Waals surface area contributed by atoms with Crippen LogP contribution in [-0.4, -0.2) is 81.3 Å². The summed E-state index contributed by atoms with van der Waals surface area (Å²) < 4.78 is 39.4. The Kier molecular flexibility index (Phi) is 8.48. The van der Waals surface area contributed by atoms with Gasteiger partial charge in [-0.1, -0.05) is 30.3 Å². The molecule has 8 heteroatoms. The number of hydrogen-bond acceptors (Lipinski definition) is 5. The monoisotopic (exact) mass is 473 g/mol. The second-order valence-electron chi connectivity index (χ2n) is 8.93. The largest absolute Gasteiger partial charge is 0.490 e. The van der Waals surface area contributed by atoms with Crippen LogP contribution in [0.4, 0.5) is 8.78 Å². The molecular weight excluding hydrogens is 440 g/mol. The molecule has 0 bridgehead atoms. The lowest BCUT2D eigenvalue weighted by molar-refractivity contribution is -0.132. The summed E-state index contributed by atoms with van der Waals surface area (Å²) in [6, 6.07) is 12.0. The molecule has 184 valence electrons. The summed E-state index contributed by atoms with van der Waals surface area (Å²) in [7, 11) is 1.69. The number of piperazine rings is 1. The number of amides is 1. The van der Waals surface area contributed by atoms with Crippen molar-refractivity contribution in [1.82, 2.24) is 15.1 Å². The first-order chi connectivity index (χ1) is 16.5. The lowest BCUT2D eigenvalue weighted by Crippen LogP contribution is -2.51. The van der Waals surface area contributed by atoms with Gasteiger partial charge in [-0.25, -0.2) is 8.78 Å². The summed E-state index contributed by atoms with van der Waals surface area (Å²) in [5.41, 5.74) is 1.62. The molecule has 2 unspecified atom stereocenters. The number of hydrogen-bond donors (Lipinski definition) is 1. The van der Waals surface area contributed by atoms with Gasteiger partial charge in [0.15, 0.2) is 11.6 Å². The number of rotatable bonds is 11. The highest BCUT2D eigenvalue weighted by atomic mass is 19.1. The Labute approximate surface area is 199 Å². The molecular formula is C26H33F2N3O3. The molecule has 2 aliphatic rings. The Balaban J connectivity index is 1.27. The average Bonchev–Trinajstić information content (AvgIpc) is 3.63. The first-order valence-electron chi connectivity index (χ1n) is 11.9. The van der Waals surface area contributed by atoms with Crippen LogP contribution in [0.2, 0.25) is 0 Å². The standard InChI is InChI=1S/C26H33F2N3O3/c1-33-14-12-30-8-10-31(11-9-30)25(32)18-29-24-17-21(24)22-15-20(27)16-23(28)26(22)34-13-7-19-5-3-2-4-6-19/h2-6,15-16,21,24,29H,7-14,17-18H2,1H3. The SMILES string of the molecule is COCCN1CCN(C(=O)CNC2CC2c2cc(F)cc(F)c2OCCc2ccccc2)CC1. The minimum Gasteiger partial charge on any atom is -0.490 e. The van der Waals surface area contributed by atoms with Gasteiger partial charge in [-0.3, -0.25) is 9.69 Å². The van der Waals surface area contributed by atoms with Gasteiger partial charge in [-0.2, -0.15) is 0 Å². The van der Waals surface area contributed by atoms with Crippen LogP contribution in [0.1, 0.15) is 23.5 Å². The second-order valence-corrected chi connectivity index (χ2v) is 8.93. The Morgan fingerprint density at radius 1 is 1.09 bits per heavy atom. The van der Waals surface area contributed by atoms with Gasteiger partial charge in [0, 0.05) is 69.8 Å². The Morgan fingerprint density at radius 3 is 2.59 bits per heavy atom. The first kappa shape index (κ1) is 24.6. The fraction of sp³-hybridized carbons (Fsp3) is 0.500. The van der Waals surface area contributed by atoms with Crippen LogP contribution >= 0.6 is 0 Å². The minimum atomic E-state index is -0.684. The van der Waals surface area contributed by atoms with E-state index >= 15 is 0 Å². The molecule has 1 saturated heterocycles. The van der Waals surface area contributed by atoms with Crippen LogP contribution in [-0.2, 0) is 16.0 Å². The Morgan fingerprint density at radius 2 is 1.85 bits per heavy atom. The van der Waals surface area contributed by atoms with Gasteiger partial charge in [-0.15, -0.1) is 0 Å². The minimum absolute atomic E-state index is 0.00427. The highest BCUT2D eigenvalue weighted by Crippen LogP contribution is 2.46. The van der Waals surface area contributed by atoms with Crippen molar-refractivity contribution < 1.29 is 23.0 Å². The second kappa shape index (κ2) is 11.7. The van der Waals surface area contributed by atoms with E-state index in [1.54, 1.807) is 7.11 Å². The van der Waals surface area contributed by atoms with Gasteiger partial charge in [0.2, 0.25) is 5.91 Å². The molecule has 6 nitrogen and oxygen atoms in total. The average molecular weight is 474 g/mol. The lowest BCUT2D eigenvalue weighted by atomic mass is 10.1. The summed E-state index contributed by atoms with van der Waals surface area (Å²) >= 11 is 0. The summed E-state index contributed by atoms with van der Waals surface area (Å²) in [4.78, 5) is 16.8. The highest BCUT2D eigenvalue weighted by Gasteiger charge is 2.41. The maximum Gasteiger partial charge on any atom is 0.236 e. The van der Waals surface area contributed by atoms with Crippen molar-refractivity contribution in [2.75, 3.05) is 59.6 Å². The predicted molar refractivity (Wildman–Crippen MR) is 126 cm³/mol. The van der Waals surface area contributed by atoms with Crippen LogP contribution in [0.3, 0.4) is 0 Å². The smallest absolute Gasteiger partial charge is 0.236 e. The van der Waals surface area contributed by atoms with Gasteiger partial charge in [0.05, 0.1) is 19.8 Å². The number of methoxy groups -OCH3 is 1. The van der Waals surface area contributed by atoms with Crippen LogP contribution in [0, 0.1) is 11.6 Å².